The Hall–Kier alpha value is -1.29. The molecule has 0 N–H and O–H groups in total. The van der Waals surface area contributed by atoms with Gasteiger partial charge in [0.1, 0.15) is 6.26 Å². The van der Waals surface area contributed by atoms with E-state index in [4.69, 9.17) is 9.15 Å². The van der Waals surface area contributed by atoms with Crippen LogP contribution in [0.3, 0.4) is 0 Å². The Morgan fingerprint density at radius 2 is 2.44 bits per heavy atom. The Morgan fingerprint density at radius 1 is 1.62 bits per heavy atom. The first kappa shape index (κ1) is 11.2. The maximum atomic E-state index is 12.0. The first-order valence-corrected chi connectivity index (χ1v) is 5.56. The highest BCUT2D eigenvalue weighted by molar-refractivity contribution is 5.93. The molecule has 0 unspecified atom stereocenters. The van der Waals surface area contributed by atoms with E-state index >= 15 is 0 Å². The first-order chi connectivity index (χ1) is 7.72. The normalized spacial score (nSPS) is 25.8. The topological polar surface area (TPSA) is 42.7 Å². The molecule has 1 amide bonds. The highest BCUT2D eigenvalue weighted by Crippen LogP contribution is 2.21. The smallest absolute Gasteiger partial charge is 0.257 e. The number of ether oxygens (including phenoxy) is 1. The minimum Gasteiger partial charge on any atom is -0.472 e. The highest BCUT2D eigenvalue weighted by atomic mass is 16.5. The summed E-state index contributed by atoms with van der Waals surface area (Å²) in [5.74, 6) is 0.543. The summed E-state index contributed by atoms with van der Waals surface area (Å²) in [6.07, 6.45) is 4.14. The lowest BCUT2D eigenvalue weighted by molar-refractivity contribution is -0.00158. The number of piperidine rings is 1. The summed E-state index contributed by atoms with van der Waals surface area (Å²) in [4.78, 5) is 13.9. The molecule has 0 saturated carbocycles. The fourth-order valence-electron chi connectivity index (χ4n) is 2.09. The van der Waals surface area contributed by atoms with Gasteiger partial charge < -0.3 is 14.1 Å². The van der Waals surface area contributed by atoms with E-state index in [0.717, 1.165) is 13.0 Å². The lowest BCUT2D eigenvalue weighted by Crippen LogP contribution is -2.46. The molecular formula is C12H17NO3. The molecule has 4 heteroatoms. The second kappa shape index (κ2) is 4.70. The van der Waals surface area contributed by atoms with Crippen molar-refractivity contribution < 1.29 is 13.9 Å². The van der Waals surface area contributed by atoms with Crippen molar-refractivity contribution in [3.8, 4) is 0 Å². The van der Waals surface area contributed by atoms with E-state index < -0.39 is 0 Å². The molecule has 2 heterocycles. The lowest BCUT2D eigenvalue weighted by atomic mass is 9.95. The number of likely N-dealkylation sites (tertiary alicyclic amines) is 1. The number of hydrogen-bond donors (Lipinski definition) is 0. The third kappa shape index (κ3) is 2.11. The van der Waals surface area contributed by atoms with Crippen LogP contribution in [0.25, 0.3) is 0 Å². The van der Waals surface area contributed by atoms with Gasteiger partial charge in [0, 0.05) is 20.2 Å². The number of carbonyl (C=O) groups excluding carboxylic acids is 1. The van der Waals surface area contributed by atoms with Crippen molar-refractivity contribution in [2.75, 3.05) is 20.2 Å². The molecule has 0 aromatic carbocycles. The van der Waals surface area contributed by atoms with Crippen LogP contribution in [0.1, 0.15) is 23.7 Å². The SMILES string of the molecule is CO[C@H]1CN(C(=O)c2ccoc2)CC[C@H]1C. The minimum absolute atomic E-state index is 0.0303. The summed E-state index contributed by atoms with van der Waals surface area (Å²) < 4.78 is 10.3. The predicted molar refractivity (Wildman–Crippen MR) is 59.2 cm³/mol. The molecule has 1 fully saturated rings. The van der Waals surface area contributed by atoms with Gasteiger partial charge in [-0.05, 0) is 18.4 Å². The van der Waals surface area contributed by atoms with Gasteiger partial charge in [0.05, 0.1) is 17.9 Å². The van der Waals surface area contributed by atoms with Crippen LogP contribution < -0.4 is 0 Å². The van der Waals surface area contributed by atoms with Crippen LogP contribution in [0.15, 0.2) is 23.0 Å². The first-order valence-electron chi connectivity index (χ1n) is 5.56. The van der Waals surface area contributed by atoms with Crippen LogP contribution in [-0.4, -0.2) is 37.1 Å². The summed E-state index contributed by atoms with van der Waals surface area (Å²) in [6.45, 7) is 3.63. The molecule has 4 nitrogen and oxygen atoms in total. The monoisotopic (exact) mass is 223 g/mol. The van der Waals surface area contributed by atoms with Crippen molar-refractivity contribution in [1.29, 1.82) is 0 Å². The molecular weight excluding hydrogens is 206 g/mol. The van der Waals surface area contributed by atoms with Crippen molar-refractivity contribution in [3.63, 3.8) is 0 Å². The van der Waals surface area contributed by atoms with Gasteiger partial charge >= 0.3 is 0 Å². The van der Waals surface area contributed by atoms with E-state index in [0.29, 0.717) is 18.0 Å². The molecule has 16 heavy (non-hydrogen) atoms. The summed E-state index contributed by atoms with van der Waals surface area (Å²) >= 11 is 0. The Kier molecular flexibility index (Phi) is 3.29. The fraction of sp³-hybridized carbons (Fsp3) is 0.583. The summed E-state index contributed by atoms with van der Waals surface area (Å²) in [5.41, 5.74) is 0.615. The summed E-state index contributed by atoms with van der Waals surface area (Å²) in [5, 5.41) is 0. The molecule has 0 bridgehead atoms. The van der Waals surface area contributed by atoms with E-state index in [2.05, 4.69) is 6.92 Å². The number of rotatable bonds is 2. The molecule has 2 rings (SSSR count). The quantitative estimate of drug-likeness (QED) is 0.767. The van der Waals surface area contributed by atoms with E-state index in [9.17, 15) is 4.79 Å². The maximum Gasteiger partial charge on any atom is 0.257 e. The van der Waals surface area contributed by atoms with E-state index in [1.165, 1.54) is 12.5 Å². The third-order valence-corrected chi connectivity index (χ3v) is 3.25. The van der Waals surface area contributed by atoms with E-state index in [-0.39, 0.29) is 12.0 Å². The molecule has 1 aliphatic rings. The standard InChI is InChI=1S/C12H17NO3/c1-9-3-5-13(7-11(9)15-2)12(14)10-4-6-16-8-10/h4,6,8-9,11H,3,5,7H2,1-2H3/t9-,11+/m1/s1. The van der Waals surface area contributed by atoms with Gasteiger partial charge in [0.25, 0.3) is 5.91 Å². The molecule has 0 aliphatic carbocycles. The number of methoxy groups -OCH3 is 1. The molecule has 1 aliphatic heterocycles. The van der Waals surface area contributed by atoms with Gasteiger partial charge in [0.15, 0.2) is 0 Å². The highest BCUT2D eigenvalue weighted by Gasteiger charge is 2.29. The summed E-state index contributed by atoms with van der Waals surface area (Å²) in [7, 11) is 1.70. The second-order valence-electron chi connectivity index (χ2n) is 4.30. The molecule has 0 spiro atoms. The number of nitrogens with zero attached hydrogens (tertiary/aromatic N) is 1. The van der Waals surface area contributed by atoms with Crippen molar-refractivity contribution in [2.24, 2.45) is 5.92 Å². The van der Waals surface area contributed by atoms with Crippen LogP contribution in [0.5, 0.6) is 0 Å². The zero-order valence-corrected chi connectivity index (χ0v) is 9.68. The Balaban J connectivity index is 2.03. The van der Waals surface area contributed by atoms with Gasteiger partial charge in [0.2, 0.25) is 0 Å². The second-order valence-corrected chi connectivity index (χ2v) is 4.30. The Labute approximate surface area is 95.2 Å². The number of hydrogen-bond acceptors (Lipinski definition) is 3. The summed E-state index contributed by atoms with van der Waals surface area (Å²) in [6, 6.07) is 1.70. The number of amides is 1. The average molecular weight is 223 g/mol. The molecule has 1 aromatic rings. The van der Waals surface area contributed by atoms with Crippen molar-refractivity contribution in [3.05, 3.63) is 24.2 Å². The van der Waals surface area contributed by atoms with Crippen molar-refractivity contribution in [2.45, 2.75) is 19.4 Å². The fourth-order valence-corrected chi connectivity index (χ4v) is 2.09. The van der Waals surface area contributed by atoms with Gasteiger partial charge in [-0.1, -0.05) is 6.92 Å². The average Bonchev–Trinajstić information content (AvgIpc) is 2.82. The Bertz CT molecular complexity index is 347. The number of carbonyl (C=O) groups is 1. The largest absolute Gasteiger partial charge is 0.472 e. The zero-order valence-electron chi connectivity index (χ0n) is 9.68. The minimum atomic E-state index is 0.0303. The van der Waals surface area contributed by atoms with E-state index in [1.807, 2.05) is 4.90 Å². The van der Waals surface area contributed by atoms with Crippen LogP contribution in [-0.2, 0) is 4.74 Å². The van der Waals surface area contributed by atoms with Gasteiger partial charge in [-0.3, -0.25) is 4.79 Å². The molecule has 1 aromatic heterocycles. The maximum absolute atomic E-state index is 12.0. The number of furan rings is 1. The Morgan fingerprint density at radius 3 is 3.06 bits per heavy atom. The predicted octanol–water partition coefficient (Wildman–Crippen LogP) is 1.78. The van der Waals surface area contributed by atoms with Crippen molar-refractivity contribution in [1.82, 2.24) is 4.90 Å². The van der Waals surface area contributed by atoms with Gasteiger partial charge in [-0.2, -0.15) is 0 Å². The lowest BCUT2D eigenvalue weighted by Gasteiger charge is -2.36. The van der Waals surface area contributed by atoms with Gasteiger partial charge in [-0.25, -0.2) is 0 Å². The van der Waals surface area contributed by atoms with Crippen LogP contribution in [0.4, 0.5) is 0 Å². The molecule has 2 atom stereocenters. The van der Waals surface area contributed by atoms with Crippen LogP contribution in [0.2, 0.25) is 0 Å². The van der Waals surface area contributed by atoms with E-state index in [1.54, 1.807) is 13.2 Å². The van der Waals surface area contributed by atoms with Gasteiger partial charge in [-0.15, -0.1) is 0 Å². The van der Waals surface area contributed by atoms with Crippen LogP contribution >= 0.6 is 0 Å². The third-order valence-electron chi connectivity index (χ3n) is 3.25. The molecule has 88 valence electrons. The zero-order chi connectivity index (χ0) is 11.5. The van der Waals surface area contributed by atoms with Crippen LogP contribution in [0, 0.1) is 5.92 Å². The molecule has 0 radical (unpaired) electrons. The molecule has 1 saturated heterocycles. The van der Waals surface area contributed by atoms with Crippen molar-refractivity contribution >= 4 is 5.91 Å².